The van der Waals surface area contributed by atoms with Crippen LogP contribution in [0, 0.1) is 0 Å². The van der Waals surface area contributed by atoms with Gasteiger partial charge in [-0.05, 0) is 18.2 Å². The van der Waals surface area contributed by atoms with Crippen LogP contribution in [0.5, 0.6) is 5.75 Å². The van der Waals surface area contributed by atoms with Gasteiger partial charge >= 0.3 is 0 Å². The van der Waals surface area contributed by atoms with Crippen molar-refractivity contribution in [2.75, 3.05) is 0 Å². The number of hydrogen-bond acceptors (Lipinski definition) is 1. The highest BCUT2D eigenvalue weighted by atomic mass is 79.9. The van der Waals surface area contributed by atoms with Crippen molar-refractivity contribution in [3.8, 4) is 5.75 Å². The van der Waals surface area contributed by atoms with Crippen LogP contribution in [0.4, 0.5) is 0 Å². The summed E-state index contributed by atoms with van der Waals surface area (Å²) in [6.45, 7) is 3.38. The van der Waals surface area contributed by atoms with Crippen LogP contribution in [0.25, 0.3) is 0 Å². The molecule has 2 heteroatoms. The highest BCUT2D eigenvalue weighted by Gasteiger charge is 1.89. The monoisotopic (exact) mass is 210 g/mol. The van der Waals surface area contributed by atoms with Crippen LogP contribution in [-0.2, 0) is 0 Å². The lowest BCUT2D eigenvalue weighted by molar-refractivity contribution is 0.482. The van der Waals surface area contributed by atoms with E-state index in [-0.39, 0.29) is 0 Å². The van der Waals surface area contributed by atoms with Crippen molar-refractivity contribution in [3.05, 3.63) is 47.3 Å². The predicted octanol–water partition coefficient (Wildman–Crippen LogP) is 3.13. The predicted molar refractivity (Wildman–Crippen MR) is 48.5 cm³/mol. The molecule has 0 unspecified atom stereocenters. The quantitative estimate of drug-likeness (QED) is 0.539. The summed E-state index contributed by atoms with van der Waals surface area (Å²) in [6, 6.07) is 7.56. The Bertz CT molecular complexity index is 287. The zero-order valence-electron chi connectivity index (χ0n) is 5.88. The summed E-state index contributed by atoms with van der Waals surface area (Å²) in [6.07, 6.45) is 1.42. The van der Waals surface area contributed by atoms with Crippen LogP contribution in [0.15, 0.2) is 47.3 Å². The standard InChI is InChI=1S/C9H7BrO/c1-2-6-11-9-5-3-4-8(10)7-9/h3-7H,1H2. The smallest absolute Gasteiger partial charge is 0.133 e. The molecule has 0 radical (unpaired) electrons. The second-order valence-electron chi connectivity index (χ2n) is 1.90. The molecule has 56 valence electrons. The van der Waals surface area contributed by atoms with E-state index in [9.17, 15) is 0 Å². The number of rotatable bonds is 2. The van der Waals surface area contributed by atoms with E-state index < -0.39 is 0 Å². The Kier molecular flexibility index (Phi) is 2.96. The highest BCUT2D eigenvalue weighted by molar-refractivity contribution is 9.10. The van der Waals surface area contributed by atoms with Crippen molar-refractivity contribution in [1.82, 2.24) is 0 Å². The zero-order valence-corrected chi connectivity index (χ0v) is 7.47. The lowest BCUT2D eigenvalue weighted by Gasteiger charge is -1.97. The molecule has 0 saturated carbocycles. The first-order valence-corrected chi connectivity index (χ1v) is 3.89. The first kappa shape index (κ1) is 8.12. The largest absolute Gasteiger partial charge is 0.457 e. The fourth-order valence-corrected chi connectivity index (χ4v) is 1.03. The van der Waals surface area contributed by atoms with E-state index >= 15 is 0 Å². The molecule has 0 fully saturated rings. The van der Waals surface area contributed by atoms with Crippen LogP contribution in [0.3, 0.4) is 0 Å². The van der Waals surface area contributed by atoms with Gasteiger partial charge in [0.2, 0.25) is 0 Å². The van der Waals surface area contributed by atoms with Gasteiger partial charge < -0.3 is 4.74 Å². The van der Waals surface area contributed by atoms with E-state index in [1.54, 1.807) is 0 Å². The maximum atomic E-state index is 5.11. The molecule has 0 aliphatic heterocycles. The zero-order chi connectivity index (χ0) is 8.10. The Morgan fingerprint density at radius 3 is 3.00 bits per heavy atom. The van der Waals surface area contributed by atoms with E-state index in [1.165, 1.54) is 6.26 Å². The average Bonchev–Trinajstić information content (AvgIpc) is 2.01. The molecule has 1 aromatic rings. The van der Waals surface area contributed by atoms with Gasteiger partial charge in [-0.2, -0.15) is 0 Å². The topological polar surface area (TPSA) is 9.23 Å². The molecule has 0 aliphatic rings. The van der Waals surface area contributed by atoms with E-state index in [4.69, 9.17) is 4.74 Å². The second kappa shape index (κ2) is 4.02. The van der Waals surface area contributed by atoms with E-state index in [2.05, 4.69) is 28.2 Å². The van der Waals surface area contributed by atoms with Crippen molar-refractivity contribution in [1.29, 1.82) is 0 Å². The van der Waals surface area contributed by atoms with Gasteiger partial charge in [0.15, 0.2) is 0 Å². The van der Waals surface area contributed by atoms with E-state index in [0.717, 1.165) is 10.2 Å². The second-order valence-corrected chi connectivity index (χ2v) is 2.81. The van der Waals surface area contributed by atoms with Gasteiger partial charge in [-0.1, -0.05) is 34.3 Å². The van der Waals surface area contributed by atoms with Crippen molar-refractivity contribution >= 4 is 15.9 Å². The summed E-state index contributed by atoms with van der Waals surface area (Å²) in [5.74, 6) is 0.774. The third-order valence-corrected chi connectivity index (χ3v) is 1.57. The third-order valence-electron chi connectivity index (χ3n) is 1.07. The maximum Gasteiger partial charge on any atom is 0.133 e. The minimum atomic E-state index is 0.774. The molecule has 0 spiro atoms. The third kappa shape index (κ3) is 2.62. The summed E-state index contributed by atoms with van der Waals surface area (Å²) in [7, 11) is 0. The Balaban J connectivity index is 2.79. The number of ether oxygens (including phenoxy) is 1. The fourth-order valence-electron chi connectivity index (χ4n) is 0.650. The van der Waals surface area contributed by atoms with E-state index in [1.807, 2.05) is 24.3 Å². The molecule has 0 heterocycles. The van der Waals surface area contributed by atoms with Gasteiger partial charge in [-0.3, -0.25) is 0 Å². The Morgan fingerprint density at radius 1 is 1.55 bits per heavy atom. The van der Waals surface area contributed by atoms with Gasteiger partial charge in [0.05, 0.1) is 0 Å². The molecule has 0 saturated heterocycles. The molecule has 0 N–H and O–H groups in total. The molecule has 1 nitrogen and oxygen atoms in total. The van der Waals surface area contributed by atoms with Crippen molar-refractivity contribution in [3.63, 3.8) is 0 Å². The lowest BCUT2D eigenvalue weighted by Crippen LogP contribution is -1.78. The van der Waals surface area contributed by atoms with Crippen molar-refractivity contribution < 1.29 is 4.74 Å². The minimum absolute atomic E-state index is 0.774. The molecular formula is C9H7BrO. The number of hydrogen-bond donors (Lipinski definition) is 0. The number of halogens is 1. The molecule has 0 atom stereocenters. The average molecular weight is 211 g/mol. The fraction of sp³-hybridized carbons (Fsp3) is 0. The van der Waals surface area contributed by atoms with E-state index in [0.29, 0.717) is 0 Å². The Labute approximate surface area is 74.1 Å². The minimum Gasteiger partial charge on any atom is -0.457 e. The Hall–Kier alpha value is -0.980. The summed E-state index contributed by atoms with van der Waals surface area (Å²) in [4.78, 5) is 0. The molecule has 11 heavy (non-hydrogen) atoms. The summed E-state index contributed by atoms with van der Waals surface area (Å²) < 4.78 is 6.10. The normalized spacial score (nSPS) is 8.45. The number of benzene rings is 1. The van der Waals surface area contributed by atoms with Gasteiger partial charge in [0.25, 0.3) is 0 Å². The van der Waals surface area contributed by atoms with Gasteiger partial charge in [0.1, 0.15) is 12.0 Å². The summed E-state index contributed by atoms with van der Waals surface area (Å²) >= 11 is 3.32. The van der Waals surface area contributed by atoms with Crippen molar-refractivity contribution in [2.45, 2.75) is 0 Å². The molecule has 0 amide bonds. The molecule has 1 aromatic carbocycles. The summed E-state index contributed by atoms with van der Waals surface area (Å²) in [5.41, 5.74) is 2.52. The van der Waals surface area contributed by atoms with Crippen molar-refractivity contribution in [2.24, 2.45) is 0 Å². The molecular weight excluding hydrogens is 204 g/mol. The van der Waals surface area contributed by atoms with Gasteiger partial charge in [0, 0.05) is 4.47 Å². The van der Waals surface area contributed by atoms with Gasteiger partial charge in [-0.25, -0.2) is 0 Å². The maximum absolute atomic E-state index is 5.11. The first-order valence-electron chi connectivity index (χ1n) is 3.09. The lowest BCUT2D eigenvalue weighted by atomic mass is 10.3. The first-order chi connectivity index (χ1) is 5.33. The highest BCUT2D eigenvalue weighted by Crippen LogP contribution is 2.17. The SMILES string of the molecule is C=C=COc1cccc(Br)c1. The van der Waals surface area contributed by atoms with Crippen LogP contribution in [0.2, 0.25) is 0 Å². The van der Waals surface area contributed by atoms with Crippen LogP contribution in [0.1, 0.15) is 0 Å². The van der Waals surface area contributed by atoms with Crippen LogP contribution in [-0.4, -0.2) is 0 Å². The summed E-state index contributed by atoms with van der Waals surface area (Å²) in [5, 5.41) is 0. The molecule has 0 bridgehead atoms. The molecule has 0 aliphatic carbocycles. The van der Waals surface area contributed by atoms with Crippen LogP contribution >= 0.6 is 15.9 Å². The Morgan fingerprint density at radius 2 is 2.36 bits per heavy atom. The van der Waals surface area contributed by atoms with Crippen LogP contribution < -0.4 is 4.74 Å². The van der Waals surface area contributed by atoms with Gasteiger partial charge in [-0.15, -0.1) is 0 Å². The molecule has 1 rings (SSSR count). The molecule has 0 aromatic heterocycles.